The molecule has 0 unspecified atom stereocenters. The van der Waals surface area contributed by atoms with Gasteiger partial charge in [-0.15, -0.1) is 0 Å². The van der Waals surface area contributed by atoms with Gasteiger partial charge in [0.15, 0.2) is 0 Å². The van der Waals surface area contributed by atoms with Crippen LogP contribution in [0.2, 0.25) is 0 Å². The minimum absolute atomic E-state index is 0.154. The lowest BCUT2D eigenvalue weighted by atomic mass is 10.2. The number of hydrogen-bond acceptors (Lipinski definition) is 2. The maximum absolute atomic E-state index is 13.0. The molecule has 1 aromatic carbocycles. The summed E-state index contributed by atoms with van der Waals surface area (Å²) in [6, 6.07) is 4.27. The summed E-state index contributed by atoms with van der Waals surface area (Å²) >= 11 is 3.00. The van der Waals surface area contributed by atoms with Crippen LogP contribution in [-0.4, -0.2) is 12.6 Å². The van der Waals surface area contributed by atoms with Crippen molar-refractivity contribution in [2.75, 3.05) is 6.61 Å². The Kier molecular flexibility index (Phi) is 4.07. The van der Waals surface area contributed by atoms with Crippen LogP contribution in [0.15, 0.2) is 22.7 Å². The van der Waals surface area contributed by atoms with Crippen LogP contribution in [0.3, 0.4) is 0 Å². The quantitative estimate of drug-likeness (QED) is 0.781. The Morgan fingerprint density at radius 1 is 1.57 bits per heavy atom. The fourth-order valence-corrected chi connectivity index (χ4v) is 1.36. The molecule has 14 heavy (non-hydrogen) atoms. The first-order valence-corrected chi connectivity index (χ1v) is 5.07. The Morgan fingerprint density at radius 3 is 2.93 bits per heavy atom. The lowest BCUT2D eigenvalue weighted by Gasteiger charge is -2.05. The molecule has 0 N–H and O–H groups in total. The van der Waals surface area contributed by atoms with Crippen molar-refractivity contribution >= 4 is 21.9 Å². The van der Waals surface area contributed by atoms with Crippen molar-refractivity contribution in [3.63, 3.8) is 0 Å². The fourth-order valence-electron chi connectivity index (χ4n) is 0.934. The van der Waals surface area contributed by atoms with Crippen LogP contribution < -0.4 is 0 Å². The molecule has 0 aliphatic carbocycles. The van der Waals surface area contributed by atoms with Crippen LogP contribution in [-0.2, 0) is 4.74 Å². The zero-order valence-corrected chi connectivity index (χ0v) is 9.30. The molecule has 0 atom stereocenters. The molecule has 0 aromatic heterocycles. The van der Waals surface area contributed by atoms with Crippen LogP contribution in [0.1, 0.15) is 23.7 Å². The van der Waals surface area contributed by atoms with E-state index in [-0.39, 0.29) is 10.0 Å². The second-order valence-corrected chi connectivity index (χ2v) is 3.53. The maximum atomic E-state index is 13.0. The third-order valence-corrected chi connectivity index (χ3v) is 2.41. The van der Waals surface area contributed by atoms with Crippen LogP contribution >= 0.6 is 15.9 Å². The van der Waals surface area contributed by atoms with Crippen molar-refractivity contribution in [1.82, 2.24) is 0 Å². The summed E-state index contributed by atoms with van der Waals surface area (Å²) in [4.78, 5) is 11.4. The molecule has 1 rings (SSSR count). The molecule has 1 aromatic rings. The van der Waals surface area contributed by atoms with Gasteiger partial charge in [-0.2, -0.15) is 0 Å². The van der Waals surface area contributed by atoms with E-state index in [1.54, 1.807) is 0 Å². The normalized spacial score (nSPS) is 9.93. The lowest BCUT2D eigenvalue weighted by molar-refractivity contribution is 0.0503. The molecule has 2 nitrogen and oxygen atoms in total. The molecular weight excluding hydrogens is 251 g/mol. The van der Waals surface area contributed by atoms with Crippen LogP contribution in [0.4, 0.5) is 4.39 Å². The van der Waals surface area contributed by atoms with E-state index in [1.807, 2.05) is 6.92 Å². The molecule has 0 saturated carbocycles. The van der Waals surface area contributed by atoms with Crippen molar-refractivity contribution in [3.05, 3.63) is 34.1 Å². The Labute approximate surface area is 90.2 Å². The van der Waals surface area contributed by atoms with Crippen LogP contribution in [0, 0.1) is 5.82 Å². The van der Waals surface area contributed by atoms with Crippen LogP contribution in [0.25, 0.3) is 0 Å². The van der Waals surface area contributed by atoms with Gasteiger partial charge in [0.05, 0.1) is 16.6 Å². The van der Waals surface area contributed by atoms with E-state index in [2.05, 4.69) is 15.9 Å². The average Bonchev–Trinajstić information content (AvgIpc) is 2.18. The number of rotatable bonds is 3. The first-order chi connectivity index (χ1) is 6.66. The Morgan fingerprint density at radius 2 is 2.29 bits per heavy atom. The van der Waals surface area contributed by atoms with Gasteiger partial charge in [0.25, 0.3) is 0 Å². The highest BCUT2D eigenvalue weighted by atomic mass is 79.9. The molecule has 0 fully saturated rings. The second kappa shape index (κ2) is 5.10. The summed E-state index contributed by atoms with van der Waals surface area (Å²) < 4.78 is 18.0. The number of benzene rings is 1. The van der Waals surface area contributed by atoms with Crippen molar-refractivity contribution in [2.45, 2.75) is 13.3 Å². The minimum Gasteiger partial charge on any atom is -0.462 e. The minimum atomic E-state index is -0.502. The van der Waals surface area contributed by atoms with Gasteiger partial charge in [0.1, 0.15) is 5.82 Å². The fraction of sp³-hybridized carbons (Fsp3) is 0.300. The molecule has 0 aliphatic heterocycles. The number of ether oxygens (including phenoxy) is 1. The van der Waals surface area contributed by atoms with Crippen molar-refractivity contribution in [1.29, 1.82) is 0 Å². The lowest BCUT2D eigenvalue weighted by Crippen LogP contribution is -2.07. The molecule has 76 valence electrons. The van der Waals surface area contributed by atoms with Gasteiger partial charge in [-0.05, 0) is 34.5 Å². The van der Waals surface area contributed by atoms with Gasteiger partial charge in [-0.1, -0.05) is 13.0 Å². The van der Waals surface area contributed by atoms with Gasteiger partial charge in [0.2, 0.25) is 0 Å². The zero-order chi connectivity index (χ0) is 10.6. The molecule has 0 heterocycles. The average molecular weight is 261 g/mol. The highest BCUT2D eigenvalue weighted by Gasteiger charge is 2.13. The third kappa shape index (κ3) is 2.54. The van der Waals surface area contributed by atoms with E-state index in [0.717, 1.165) is 6.42 Å². The molecule has 0 radical (unpaired) electrons. The standard InChI is InChI=1S/C10H10BrFO2/c1-2-6-14-10(13)7-4-3-5-8(12)9(7)11/h3-5H,2,6H2,1H3. The Hall–Kier alpha value is -0.900. The Balaban J connectivity index is 2.84. The summed E-state index contributed by atoms with van der Waals surface area (Å²) in [6.45, 7) is 2.25. The van der Waals surface area contributed by atoms with Crippen LogP contribution in [0.5, 0.6) is 0 Å². The SMILES string of the molecule is CCCOC(=O)c1cccc(F)c1Br. The molecule has 0 bridgehead atoms. The predicted molar refractivity (Wildman–Crippen MR) is 54.7 cm³/mol. The number of esters is 1. The van der Waals surface area contributed by atoms with Crippen molar-refractivity contribution < 1.29 is 13.9 Å². The van der Waals surface area contributed by atoms with Gasteiger partial charge >= 0.3 is 5.97 Å². The molecule has 0 aliphatic rings. The number of halogens is 2. The monoisotopic (exact) mass is 260 g/mol. The summed E-state index contributed by atoms with van der Waals surface area (Å²) in [5.41, 5.74) is 0.221. The number of hydrogen-bond donors (Lipinski definition) is 0. The first-order valence-electron chi connectivity index (χ1n) is 4.28. The van der Waals surface area contributed by atoms with Gasteiger partial charge < -0.3 is 4.74 Å². The molecular formula is C10H10BrFO2. The molecule has 4 heteroatoms. The van der Waals surface area contributed by atoms with E-state index < -0.39 is 11.8 Å². The summed E-state index contributed by atoms with van der Waals surface area (Å²) in [5, 5.41) is 0. The van der Waals surface area contributed by atoms with Gasteiger partial charge in [-0.25, -0.2) is 9.18 Å². The summed E-state index contributed by atoms with van der Waals surface area (Å²) in [7, 11) is 0. The highest BCUT2D eigenvalue weighted by Crippen LogP contribution is 2.20. The summed E-state index contributed by atoms with van der Waals surface area (Å²) in [6.07, 6.45) is 0.749. The number of carbonyl (C=O) groups excluding carboxylic acids is 1. The first kappa shape index (κ1) is 11.2. The van der Waals surface area contributed by atoms with E-state index >= 15 is 0 Å². The third-order valence-electron chi connectivity index (χ3n) is 1.61. The predicted octanol–water partition coefficient (Wildman–Crippen LogP) is 3.16. The van der Waals surface area contributed by atoms with Gasteiger partial charge in [-0.3, -0.25) is 0 Å². The zero-order valence-electron chi connectivity index (χ0n) is 7.72. The summed E-state index contributed by atoms with van der Waals surface area (Å²) in [5.74, 6) is -0.964. The molecule has 0 amide bonds. The van der Waals surface area contributed by atoms with Crippen molar-refractivity contribution in [2.24, 2.45) is 0 Å². The highest BCUT2D eigenvalue weighted by molar-refractivity contribution is 9.10. The molecule has 0 saturated heterocycles. The van der Waals surface area contributed by atoms with Gasteiger partial charge in [0, 0.05) is 0 Å². The molecule has 0 spiro atoms. The number of carbonyl (C=O) groups is 1. The smallest absolute Gasteiger partial charge is 0.339 e. The maximum Gasteiger partial charge on any atom is 0.339 e. The second-order valence-electron chi connectivity index (χ2n) is 2.74. The van der Waals surface area contributed by atoms with E-state index in [9.17, 15) is 9.18 Å². The largest absolute Gasteiger partial charge is 0.462 e. The van der Waals surface area contributed by atoms with E-state index in [1.165, 1.54) is 18.2 Å². The Bertz CT molecular complexity index is 339. The topological polar surface area (TPSA) is 26.3 Å². The van der Waals surface area contributed by atoms with E-state index in [0.29, 0.717) is 6.61 Å². The van der Waals surface area contributed by atoms with E-state index in [4.69, 9.17) is 4.74 Å². The van der Waals surface area contributed by atoms with Crippen molar-refractivity contribution in [3.8, 4) is 0 Å².